The normalized spacial score (nSPS) is 10.7. The molecule has 2 aromatic rings. The van der Waals surface area contributed by atoms with Crippen molar-refractivity contribution in [2.75, 3.05) is 5.32 Å². The Kier molecular flexibility index (Phi) is 4.58. The summed E-state index contributed by atoms with van der Waals surface area (Å²) in [5.41, 5.74) is 1.79. The molecule has 0 radical (unpaired) electrons. The molecule has 0 spiro atoms. The van der Waals surface area contributed by atoms with E-state index in [2.05, 4.69) is 37.7 Å². The van der Waals surface area contributed by atoms with E-state index in [1.165, 1.54) is 6.07 Å². The number of hydrogen-bond donors (Lipinski definition) is 1. The molecule has 19 heavy (non-hydrogen) atoms. The van der Waals surface area contributed by atoms with Gasteiger partial charge in [0.15, 0.2) is 0 Å². The van der Waals surface area contributed by atoms with Crippen LogP contribution in [0, 0.1) is 12.7 Å². The zero-order valence-corrected chi connectivity index (χ0v) is 12.7. The zero-order valence-electron chi connectivity index (χ0n) is 11.1. The highest BCUT2D eigenvalue weighted by atomic mass is 79.9. The number of aromatic nitrogens is 2. The SMILES string of the molecule is CCCCn1cc(C)nc1Nc1ccc(F)c(Br)c1. The van der Waals surface area contributed by atoms with Crippen LogP contribution in [0.4, 0.5) is 16.0 Å². The van der Waals surface area contributed by atoms with E-state index in [4.69, 9.17) is 0 Å². The Morgan fingerprint density at radius 3 is 2.89 bits per heavy atom. The molecule has 1 heterocycles. The van der Waals surface area contributed by atoms with Crippen molar-refractivity contribution in [3.63, 3.8) is 0 Å². The van der Waals surface area contributed by atoms with Crippen LogP contribution in [0.2, 0.25) is 0 Å². The Morgan fingerprint density at radius 2 is 2.21 bits per heavy atom. The maximum Gasteiger partial charge on any atom is 0.207 e. The molecule has 0 atom stereocenters. The highest BCUT2D eigenvalue weighted by Crippen LogP contribution is 2.23. The van der Waals surface area contributed by atoms with Crippen molar-refractivity contribution in [1.82, 2.24) is 9.55 Å². The smallest absolute Gasteiger partial charge is 0.207 e. The van der Waals surface area contributed by atoms with Gasteiger partial charge in [-0.05, 0) is 47.5 Å². The first-order chi connectivity index (χ1) is 9.10. The van der Waals surface area contributed by atoms with E-state index in [1.807, 2.05) is 13.1 Å². The van der Waals surface area contributed by atoms with Gasteiger partial charge in [-0.25, -0.2) is 9.37 Å². The van der Waals surface area contributed by atoms with Crippen molar-refractivity contribution in [2.24, 2.45) is 0 Å². The number of nitrogens with one attached hydrogen (secondary N) is 1. The molecule has 0 bridgehead atoms. The molecular formula is C14H17BrFN3. The fourth-order valence-corrected chi connectivity index (χ4v) is 2.23. The Bertz CT molecular complexity index is 566. The van der Waals surface area contributed by atoms with Crippen LogP contribution < -0.4 is 5.32 Å². The quantitative estimate of drug-likeness (QED) is 0.868. The Morgan fingerprint density at radius 1 is 1.42 bits per heavy atom. The van der Waals surface area contributed by atoms with Gasteiger partial charge in [-0.2, -0.15) is 0 Å². The van der Waals surface area contributed by atoms with Crippen molar-refractivity contribution in [3.8, 4) is 0 Å². The molecule has 3 nitrogen and oxygen atoms in total. The van der Waals surface area contributed by atoms with Gasteiger partial charge in [0, 0.05) is 18.4 Å². The van der Waals surface area contributed by atoms with Crippen molar-refractivity contribution in [1.29, 1.82) is 0 Å². The van der Waals surface area contributed by atoms with Gasteiger partial charge in [0.2, 0.25) is 5.95 Å². The van der Waals surface area contributed by atoms with Crippen molar-refractivity contribution in [2.45, 2.75) is 33.2 Å². The van der Waals surface area contributed by atoms with Crippen LogP contribution in [0.1, 0.15) is 25.5 Å². The summed E-state index contributed by atoms with van der Waals surface area (Å²) >= 11 is 3.18. The molecule has 1 aromatic heterocycles. The lowest BCUT2D eigenvalue weighted by molar-refractivity contribution is 0.621. The monoisotopic (exact) mass is 325 g/mol. The van der Waals surface area contributed by atoms with Crippen LogP contribution in [-0.4, -0.2) is 9.55 Å². The van der Waals surface area contributed by atoms with E-state index in [0.29, 0.717) is 4.47 Å². The fraction of sp³-hybridized carbons (Fsp3) is 0.357. The van der Waals surface area contributed by atoms with Crippen LogP contribution in [0.25, 0.3) is 0 Å². The molecule has 0 unspecified atom stereocenters. The molecule has 2 rings (SSSR count). The number of unbranched alkanes of at least 4 members (excludes halogenated alkanes) is 1. The lowest BCUT2D eigenvalue weighted by Gasteiger charge is -2.09. The van der Waals surface area contributed by atoms with E-state index in [9.17, 15) is 4.39 Å². The second-order valence-corrected chi connectivity index (χ2v) is 5.36. The minimum atomic E-state index is -0.268. The first-order valence-electron chi connectivity index (χ1n) is 6.36. The zero-order chi connectivity index (χ0) is 13.8. The number of hydrogen-bond acceptors (Lipinski definition) is 2. The standard InChI is InChI=1S/C14H17BrFN3/c1-3-4-7-19-9-10(2)17-14(19)18-11-5-6-13(16)12(15)8-11/h5-6,8-9H,3-4,7H2,1-2H3,(H,17,18). The van der Waals surface area contributed by atoms with Gasteiger partial charge in [-0.15, -0.1) is 0 Å². The molecule has 0 fully saturated rings. The lowest BCUT2D eigenvalue weighted by Crippen LogP contribution is -2.03. The fourth-order valence-electron chi connectivity index (χ4n) is 1.85. The third-order valence-corrected chi connectivity index (χ3v) is 3.43. The van der Waals surface area contributed by atoms with E-state index in [0.717, 1.165) is 36.7 Å². The van der Waals surface area contributed by atoms with Crippen molar-refractivity contribution in [3.05, 3.63) is 40.4 Å². The Labute approximate surface area is 121 Å². The number of aryl methyl sites for hydroxylation is 2. The summed E-state index contributed by atoms with van der Waals surface area (Å²) in [7, 11) is 0. The molecule has 0 aliphatic heterocycles. The lowest BCUT2D eigenvalue weighted by atomic mass is 10.3. The van der Waals surface area contributed by atoms with E-state index in [1.54, 1.807) is 12.1 Å². The maximum absolute atomic E-state index is 13.2. The summed E-state index contributed by atoms with van der Waals surface area (Å²) in [6, 6.07) is 4.84. The number of benzene rings is 1. The molecule has 0 saturated carbocycles. The molecule has 1 aromatic carbocycles. The number of nitrogens with zero attached hydrogens (tertiary/aromatic N) is 2. The minimum absolute atomic E-state index is 0.268. The van der Waals surface area contributed by atoms with E-state index >= 15 is 0 Å². The van der Waals surface area contributed by atoms with Crippen LogP contribution in [-0.2, 0) is 6.54 Å². The van der Waals surface area contributed by atoms with Crippen LogP contribution in [0.3, 0.4) is 0 Å². The minimum Gasteiger partial charge on any atom is -0.326 e. The number of halogens is 2. The molecule has 5 heteroatoms. The molecule has 102 valence electrons. The second kappa shape index (κ2) is 6.19. The molecule has 0 amide bonds. The third kappa shape index (κ3) is 3.56. The summed E-state index contributed by atoms with van der Waals surface area (Å²) in [5, 5.41) is 3.23. The Balaban J connectivity index is 2.19. The highest BCUT2D eigenvalue weighted by molar-refractivity contribution is 9.10. The van der Waals surface area contributed by atoms with Gasteiger partial charge in [0.1, 0.15) is 5.82 Å². The largest absolute Gasteiger partial charge is 0.326 e. The molecule has 1 N–H and O–H groups in total. The van der Waals surface area contributed by atoms with Crippen molar-refractivity contribution < 1.29 is 4.39 Å². The molecular weight excluding hydrogens is 309 g/mol. The topological polar surface area (TPSA) is 29.9 Å². The molecule has 0 aliphatic rings. The van der Waals surface area contributed by atoms with Gasteiger partial charge in [-0.1, -0.05) is 13.3 Å². The second-order valence-electron chi connectivity index (χ2n) is 4.51. The van der Waals surface area contributed by atoms with Crippen LogP contribution in [0.15, 0.2) is 28.9 Å². The average Bonchev–Trinajstić information content (AvgIpc) is 2.71. The molecule has 0 aliphatic carbocycles. The van der Waals surface area contributed by atoms with E-state index < -0.39 is 0 Å². The van der Waals surface area contributed by atoms with Gasteiger partial charge in [-0.3, -0.25) is 0 Å². The average molecular weight is 326 g/mol. The third-order valence-electron chi connectivity index (χ3n) is 2.83. The summed E-state index contributed by atoms with van der Waals surface area (Å²) in [6.45, 7) is 5.06. The van der Waals surface area contributed by atoms with Crippen LogP contribution in [0.5, 0.6) is 0 Å². The maximum atomic E-state index is 13.2. The van der Waals surface area contributed by atoms with Gasteiger partial charge in [0.25, 0.3) is 0 Å². The van der Waals surface area contributed by atoms with E-state index in [-0.39, 0.29) is 5.82 Å². The van der Waals surface area contributed by atoms with Gasteiger partial charge in [0.05, 0.1) is 10.2 Å². The van der Waals surface area contributed by atoms with Gasteiger partial charge < -0.3 is 9.88 Å². The number of imidazole rings is 1. The first kappa shape index (κ1) is 14.1. The first-order valence-corrected chi connectivity index (χ1v) is 7.15. The summed E-state index contributed by atoms with van der Waals surface area (Å²) in [6.07, 6.45) is 4.27. The number of rotatable bonds is 5. The molecule has 0 saturated heterocycles. The van der Waals surface area contributed by atoms with Gasteiger partial charge >= 0.3 is 0 Å². The van der Waals surface area contributed by atoms with Crippen LogP contribution >= 0.6 is 15.9 Å². The number of anilines is 2. The summed E-state index contributed by atoms with van der Waals surface area (Å²) in [4.78, 5) is 4.45. The predicted molar refractivity (Wildman–Crippen MR) is 79.3 cm³/mol. The Hall–Kier alpha value is -1.36. The highest BCUT2D eigenvalue weighted by Gasteiger charge is 2.07. The predicted octanol–water partition coefficient (Wildman–Crippen LogP) is 4.64. The summed E-state index contributed by atoms with van der Waals surface area (Å²) in [5.74, 6) is 0.528. The van der Waals surface area contributed by atoms with Crippen molar-refractivity contribution >= 4 is 27.6 Å². The summed E-state index contributed by atoms with van der Waals surface area (Å²) < 4.78 is 15.7.